The number of carbonyl (C=O) groups is 1. The lowest BCUT2D eigenvalue weighted by molar-refractivity contribution is -0.117. The molecule has 2 heterocycles. The molecule has 1 atom stereocenters. The first kappa shape index (κ1) is 21.6. The van der Waals surface area contributed by atoms with Crippen molar-refractivity contribution in [2.24, 2.45) is 0 Å². The zero-order chi connectivity index (χ0) is 22.3. The Morgan fingerprint density at radius 1 is 0.969 bits per heavy atom. The second kappa shape index (κ2) is 10.1. The first-order valence-electron chi connectivity index (χ1n) is 11.1. The van der Waals surface area contributed by atoms with E-state index in [1.165, 1.54) is 11.3 Å². The fourth-order valence-corrected chi connectivity index (χ4v) is 3.92. The van der Waals surface area contributed by atoms with Crippen molar-refractivity contribution in [3.05, 3.63) is 95.7 Å². The molecule has 4 rings (SSSR count). The summed E-state index contributed by atoms with van der Waals surface area (Å²) in [6, 6.07) is 22.6. The van der Waals surface area contributed by atoms with Crippen molar-refractivity contribution < 1.29 is 4.79 Å². The molecule has 5 nitrogen and oxygen atoms in total. The average molecular weight is 427 g/mol. The first-order chi connectivity index (χ1) is 15.6. The molecule has 0 saturated carbocycles. The van der Waals surface area contributed by atoms with Gasteiger partial charge in [0.25, 0.3) is 0 Å². The Hall–Kier alpha value is -3.60. The van der Waals surface area contributed by atoms with Crippen LogP contribution in [-0.2, 0) is 4.79 Å². The van der Waals surface area contributed by atoms with Crippen LogP contribution in [0.2, 0.25) is 0 Å². The third-order valence-electron chi connectivity index (χ3n) is 5.85. The fraction of sp³-hybridized carbons (Fsp3) is 0.259. The van der Waals surface area contributed by atoms with Gasteiger partial charge in [0.1, 0.15) is 5.82 Å². The van der Waals surface area contributed by atoms with Gasteiger partial charge in [0, 0.05) is 44.1 Å². The number of aryl methyl sites for hydroxylation is 1. The Morgan fingerprint density at radius 3 is 2.44 bits per heavy atom. The second-order valence-electron chi connectivity index (χ2n) is 8.23. The van der Waals surface area contributed by atoms with Crippen LogP contribution in [0.1, 0.15) is 29.7 Å². The molecule has 164 valence electrons. The van der Waals surface area contributed by atoms with Gasteiger partial charge in [-0.2, -0.15) is 0 Å². The monoisotopic (exact) mass is 426 g/mol. The fourth-order valence-electron chi connectivity index (χ4n) is 3.92. The number of hydrogen-bond acceptors (Lipinski definition) is 4. The maximum Gasteiger partial charge on any atom is 0.244 e. The Bertz CT molecular complexity index is 1050. The molecule has 1 aliphatic heterocycles. The Labute approximate surface area is 190 Å². The summed E-state index contributed by atoms with van der Waals surface area (Å²) in [5.74, 6) is 0.948. The van der Waals surface area contributed by atoms with E-state index >= 15 is 0 Å². The molecule has 1 fully saturated rings. The van der Waals surface area contributed by atoms with Gasteiger partial charge < -0.3 is 15.1 Å². The third kappa shape index (κ3) is 5.55. The summed E-state index contributed by atoms with van der Waals surface area (Å²) in [5.41, 5.74) is 4.52. The van der Waals surface area contributed by atoms with E-state index < -0.39 is 0 Å². The molecule has 1 aromatic heterocycles. The topological polar surface area (TPSA) is 48.5 Å². The normalized spacial score (nSPS) is 15.1. The molecule has 5 heteroatoms. The highest BCUT2D eigenvalue weighted by molar-refractivity contribution is 5.92. The third-order valence-corrected chi connectivity index (χ3v) is 5.85. The van der Waals surface area contributed by atoms with Crippen molar-refractivity contribution in [1.82, 2.24) is 10.3 Å². The minimum atomic E-state index is -0.0903. The molecule has 1 amide bonds. The molecular formula is C27H30N4O. The molecule has 32 heavy (non-hydrogen) atoms. The zero-order valence-electron chi connectivity index (χ0n) is 18.7. The molecule has 0 aliphatic carbocycles. The van der Waals surface area contributed by atoms with Crippen molar-refractivity contribution in [2.45, 2.75) is 19.9 Å². The van der Waals surface area contributed by atoms with Crippen LogP contribution in [0.15, 0.2) is 79.0 Å². The molecule has 2 aromatic carbocycles. The molecule has 1 aliphatic rings. The van der Waals surface area contributed by atoms with E-state index in [-0.39, 0.29) is 11.9 Å². The first-order valence-corrected chi connectivity index (χ1v) is 11.1. The molecule has 0 bridgehead atoms. The average Bonchev–Trinajstić information content (AvgIpc) is 2.84. The number of piperazine rings is 1. The molecule has 1 saturated heterocycles. The summed E-state index contributed by atoms with van der Waals surface area (Å²) >= 11 is 0. The maximum absolute atomic E-state index is 12.4. The van der Waals surface area contributed by atoms with Gasteiger partial charge in [0.15, 0.2) is 0 Å². The lowest BCUT2D eigenvalue weighted by atomic mass is 10.1. The smallest absolute Gasteiger partial charge is 0.244 e. The summed E-state index contributed by atoms with van der Waals surface area (Å²) in [6.45, 7) is 7.85. The van der Waals surface area contributed by atoms with Crippen LogP contribution in [0, 0.1) is 6.92 Å². The molecule has 3 aromatic rings. The standard InChI is InChI=1S/C27H30N4O/c1-21-9-11-23(12-10-21)13-14-27(32)29-22(2)24-6-5-7-25(20-24)30-16-18-31(19-17-30)26-8-3-4-15-28-26/h3-15,20,22H,16-19H2,1-2H3,(H,29,32)/b14-13+. The van der Waals surface area contributed by atoms with Gasteiger partial charge >= 0.3 is 0 Å². The largest absolute Gasteiger partial charge is 0.368 e. The van der Waals surface area contributed by atoms with Gasteiger partial charge in [0.2, 0.25) is 5.91 Å². The number of amides is 1. The number of pyridine rings is 1. The van der Waals surface area contributed by atoms with Crippen molar-refractivity contribution in [3.63, 3.8) is 0 Å². The van der Waals surface area contributed by atoms with E-state index in [2.05, 4.69) is 57.4 Å². The summed E-state index contributed by atoms with van der Waals surface area (Å²) in [5, 5.41) is 3.08. The van der Waals surface area contributed by atoms with Crippen LogP contribution in [0.3, 0.4) is 0 Å². The van der Waals surface area contributed by atoms with Gasteiger partial charge in [-0.15, -0.1) is 0 Å². The lowest BCUT2D eigenvalue weighted by Gasteiger charge is -2.37. The van der Waals surface area contributed by atoms with Crippen LogP contribution in [-0.4, -0.2) is 37.1 Å². The van der Waals surface area contributed by atoms with Crippen molar-refractivity contribution >= 4 is 23.5 Å². The highest BCUT2D eigenvalue weighted by Gasteiger charge is 2.19. The van der Waals surface area contributed by atoms with E-state index in [1.807, 2.05) is 55.6 Å². The Kier molecular flexibility index (Phi) is 6.85. The van der Waals surface area contributed by atoms with Crippen molar-refractivity contribution in [1.29, 1.82) is 0 Å². The minimum absolute atomic E-state index is 0.0695. The number of carbonyl (C=O) groups excluding carboxylic acids is 1. The maximum atomic E-state index is 12.4. The summed E-state index contributed by atoms with van der Waals surface area (Å²) in [7, 11) is 0. The number of nitrogens with one attached hydrogen (secondary N) is 1. The van der Waals surface area contributed by atoms with Gasteiger partial charge in [-0.05, 0) is 55.3 Å². The zero-order valence-corrected chi connectivity index (χ0v) is 18.7. The van der Waals surface area contributed by atoms with E-state index in [0.29, 0.717) is 0 Å². The minimum Gasteiger partial charge on any atom is -0.368 e. The molecule has 0 spiro atoms. The van der Waals surface area contributed by atoms with Crippen molar-refractivity contribution in [2.75, 3.05) is 36.0 Å². The Morgan fingerprint density at radius 2 is 1.72 bits per heavy atom. The summed E-state index contributed by atoms with van der Waals surface area (Å²) < 4.78 is 0. The quantitative estimate of drug-likeness (QED) is 0.585. The number of aromatic nitrogens is 1. The molecule has 1 N–H and O–H groups in total. The summed E-state index contributed by atoms with van der Waals surface area (Å²) in [4.78, 5) is 21.6. The van der Waals surface area contributed by atoms with Crippen LogP contribution >= 0.6 is 0 Å². The lowest BCUT2D eigenvalue weighted by Crippen LogP contribution is -2.46. The van der Waals surface area contributed by atoms with E-state index in [4.69, 9.17) is 0 Å². The SMILES string of the molecule is Cc1ccc(/C=C/C(=O)NC(C)c2cccc(N3CCN(c4ccccn4)CC3)c2)cc1. The molecule has 0 radical (unpaired) electrons. The predicted octanol–water partition coefficient (Wildman–Crippen LogP) is 4.61. The van der Waals surface area contributed by atoms with Gasteiger partial charge in [-0.25, -0.2) is 4.98 Å². The number of anilines is 2. The number of rotatable bonds is 6. The van der Waals surface area contributed by atoms with Crippen LogP contribution in [0.4, 0.5) is 11.5 Å². The second-order valence-corrected chi connectivity index (χ2v) is 8.23. The number of benzene rings is 2. The Balaban J connectivity index is 1.34. The van der Waals surface area contributed by atoms with E-state index in [9.17, 15) is 4.79 Å². The van der Waals surface area contributed by atoms with E-state index in [0.717, 1.165) is 43.1 Å². The van der Waals surface area contributed by atoms with E-state index in [1.54, 1.807) is 6.08 Å². The summed E-state index contributed by atoms with van der Waals surface area (Å²) in [6.07, 6.45) is 5.29. The van der Waals surface area contributed by atoms with Gasteiger partial charge in [0.05, 0.1) is 6.04 Å². The molecule has 1 unspecified atom stereocenters. The van der Waals surface area contributed by atoms with Crippen molar-refractivity contribution in [3.8, 4) is 0 Å². The van der Waals surface area contributed by atoms with Gasteiger partial charge in [-0.1, -0.05) is 48.0 Å². The van der Waals surface area contributed by atoms with Crippen LogP contribution in [0.25, 0.3) is 6.08 Å². The number of hydrogen-bond donors (Lipinski definition) is 1. The highest BCUT2D eigenvalue weighted by atomic mass is 16.1. The van der Waals surface area contributed by atoms with Crippen LogP contribution in [0.5, 0.6) is 0 Å². The highest BCUT2D eigenvalue weighted by Crippen LogP contribution is 2.23. The van der Waals surface area contributed by atoms with Crippen LogP contribution < -0.4 is 15.1 Å². The predicted molar refractivity (Wildman–Crippen MR) is 132 cm³/mol. The number of nitrogens with zero attached hydrogens (tertiary/aromatic N) is 3. The molecular weight excluding hydrogens is 396 g/mol. The van der Waals surface area contributed by atoms with Gasteiger partial charge in [-0.3, -0.25) is 4.79 Å².